The van der Waals surface area contributed by atoms with Gasteiger partial charge in [0.05, 0.1) is 23.7 Å². The van der Waals surface area contributed by atoms with Gasteiger partial charge in [0.1, 0.15) is 0 Å². The van der Waals surface area contributed by atoms with Crippen molar-refractivity contribution >= 4 is 11.6 Å². The van der Waals surface area contributed by atoms with E-state index >= 15 is 0 Å². The van der Waals surface area contributed by atoms with Crippen LogP contribution in [0.1, 0.15) is 31.5 Å². The Hall–Kier alpha value is -2.25. The van der Waals surface area contributed by atoms with E-state index in [1.165, 1.54) is 0 Å². The summed E-state index contributed by atoms with van der Waals surface area (Å²) in [6, 6.07) is 7.62. The number of aromatic nitrogens is 4. The van der Waals surface area contributed by atoms with E-state index in [9.17, 15) is 0 Å². The molecule has 3 rings (SSSR count). The van der Waals surface area contributed by atoms with Crippen molar-refractivity contribution < 1.29 is 8.94 Å². The lowest BCUT2D eigenvalue weighted by Gasteiger charge is -2.22. The van der Waals surface area contributed by atoms with Crippen molar-refractivity contribution in [1.29, 1.82) is 0 Å². The Bertz CT molecular complexity index is 814. The number of hydrogen-bond donors (Lipinski definition) is 0. The van der Waals surface area contributed by atoms with Crippen LogP contribution in [-0.2, 0) is 13.1 Å². The third kappa shape index (κ3) is 3.80. The van der Waals surface area contributed by atoms with Gasteiger partial charge in [0.25, 0.3) is 0 Å². The van der Waals surface area contributed by atoms with Crippen LogP contribution in [0.15, 0.2) is 33.2 Å². The molecule has 8 heteroatoms. The van der Waals surface area contributed by atoms with Gasteiger partial charge in [-0.15, -0.1) is 10.2 Å². The quantitative estimate of drug-likeness (QED) is 0.675. The second-order valence-corrected chi connectivity index (χ2v) is 6.12. The van der Waals surface area contributed by atoms with Gasteiger partial charge >= 0.3 is 0 Å². The zero-order chi connectivity index (χ0) is 17.1. The van der Waals surface area contributed by atoms with Gasteiger partial charge in [-0.05, 0) is 32.9 Å². The highest BCUT2D eigenvalue weighted by molar-refractivity contribution is 6.33. The average Bonchev–Trinajstić information content (AvgIpc) is 3.16. The molecule has 0 spiro atoms. The van der Waals surface area contributed by atoms with E-state index in [4.69, 9.17) is 20.5 Å². The maximum Gasteiger partial charge on any atom is 0.249 e. The molecule has 126 valence electrons. The standard InChI is InChI=1S/C16H18ClN5O2/c1-10(2)22(8-14-18-11(3)21-24-14)9-15-19-20-16(23-15)12-6-4-5-7-13(12)17/h4-7,10H,8-9H2,1-3H3. The van der Waals surface area contributed by atoms with Crippen LogP contribution in [0.25, 0.3) is 11.5 Å². The summed E-state index contributed by atoms with van der Waals surface area (Å²) in [6.45, 7) is 6.95. The van der Waals surface area contributed by atoms with E-state index < -0.39 is 0 Å². The van der Waals surface area contributed by atoms with Crippen molar-refractivity contribution in [3.63, 3.8) is 0 Å². The first-order valence-corrected chi connectivity index (χ1v) is 8.01. The van der Waals surface area contributed by atoms with E-state index in [1.54, 1.807) is 13.0 Å². The van der Waals surface area contributed by atoms with E-state index in [-0.39, 0.29) is 6.04 Å². The van der Waals surface area contributed by atoms with Crippen molar-refractivity contribution in [2.75, 3.05) is 0 Å². The minimum Gasteiger partial charge on any atom is -0.419 e. The van der Waals surface area contributed by atoms with Gasteiger partial charge < -0.3 is 8.94 Å². The summed E-state index contributed by atoms with van der Waals surface area (Å²) in [5.41, 5.74) is 0.724. The highest BCUT2D eigenvalue weighted by Crippen LogP contribution is 2.26. The number of aryl methyl sites for hydroxylation is 1. The predicted octanol–water partition coefficient (Wildman–Crippen LogP) is 3.49. The van der Waals surface area contributed by atoms with Gasteiger partial charge in [0.2, 0.25) is 17.7 Å². The Kier molecular flexibility index (Phi) is 4.92. The second-order valence-electron chi connectivity index (χ2n) is 5.71. The Balaban J connectivity index is 1.75. The molecule has 0 radical (unpaired) electrons. The molecule has 2 heterocycles. The molecular formula is C16H18ClN5O2. The third-order valence-corrected chi connectivity index (χ3v) is 3.88. The molecule has 0 fully saturated rings. The maximum atomic E-state index is 6.17. The highest BCUT2D eigenvalue weighted by Gasteiger charge is 2.19. The summed E-state index contributed by atoms with van der Waals surface area (Å²) >= 11 is 6.17. The van der Waals surface area contributed by atoms with Gasteiger partial charge in [-0.3, -0.25) is 4.90 Å². The second kappa shape index (κ2) is 7.11. The molecule has 1 aromatic carbocycles. The van der Waals surface area contributed by atoms with Crippen molar-refractivity contribution in [3.8, 4) is 11.5 Å². The first kappa shape index (κ1) is 16.6. The normalized spacial score (nSPS) is 11.6. The highest BCUT2D eigenvalue weighted by atomic mass is 35.5. The fourth-order valence-corrected chi connectivity index (χ4v) is 2.45. The van der Waals surface area contributed by atoms with Gasteiger partial charge in [-0.25, -0.2) is 0 Å². The van der Waals surface area contributed by atoms with Crippen LogP contribution in [0.5, 0.6) is 0 Å². The fraction of sp³-hybridized carbons (Fsp3) is 0.375. The van der Waals surface area contributed by atoms with Gasteiger partial charge in [0.15, 0.2) is 5.82 Å². The zero-order valence-corrected chi connectivity index (χ0v) is 14.5. The SMILES string of the molecule is Cc1noc(CN(Cc2nnc(-c3ccccc3Cl)o2)C(C)C)n1. The average molecular weight is 348 g/mol. The number of halogens is 1. The van der Waals surface area contributed by atoms with Gasteiger partial charge in [-0.2, -0.15) is 4.98 Å². The molecule has 0 saturated carbocycles. The van der Waals surface area contributed by atoms with Crippen LogP contribution in [0.3, 0.4) is 0 Å². The monoisotopic (exact) mass is 347 g/mol. The van der Waals surface area contributed by atoms with Crippen molar-refractivity contribution in [2.45, 2.75) is 39.9 Å². The number of benzene rings is 1. The summed E-state index contributed by atoms with van der Waals surface area (Å²) in [5.74, 6) is 2.10. The molecule has 0 N–H and O–H groups in total. The smallest absolute Gasteiger partial charge is 0.249 e. The Morgan fingerprint density at radius 2 is 1.88 bits per heavy atom. The summed E-state index contributed by atoms with van der Waals surface area (Å²) in [5, 5.41) is 12.6. The minimum absolute atomic E-state index is 0.243. The fourth-order valence-electron chi connectivity index (χ4n) is 2.23. The van der Waals surface area contributed by atoms with E-state index in [2.05, 4.69) is 39.1 Å². The number of hydrogen-bond acceptors (Lipinski definition) is 7. The third-order valence-electron chi connectivity index (χ3n) is 3.55. The summed E-state index contributed by atoms with van der Waals surface area (Å²) < 4.78 is 10.9. The van der Waals surface area contributed by atoms with Gasteiger partial charge in [0, 0.05) is 6.04 Å². The molecule has 7 nitrogen and oxygen atoms in total. The van der Waals surface area contributed by atoms with Crippen molar-refractivity contribution in [1.82, 2.24) is 25.2 Å². The Morgan fingerprint density at radius 3 is 2.54 bits per heavy atom. The molecule has 0 amide bonds. The van der Waals surface area contributed by atoms with E-state index in [0.29, 0.717) is 41.6 Å². The maximum absolute atomic E-state index is 6.17. The van der Waals surface area contributed by atoms with Crippen LogP contribution < -0.4 is 0 Å². The van der Waals surface area contributed by atoms with Crippen LogP contribution in [0.4, 0.5) is 0 Å². The zero-order valence-electron chi connectivity index (χ0n) is 13.7. The van der Waals surface area contributed by atoms with Crippen LogP contribution in [-0.4, -0.2) is 31.3 Å². The lowest BCUT2D eigenvalue weighted by atomic mass is 10.2. The summed E-state index contributed by atoms with van der Waals surface area (Å²) in [6.07, 6.45) is 0. The number of nitrogens with zero attached hydrogens (tertiary/aromatic N) is 5. The largest absolute Gasteiger partial charge is 0.419 e. The Morgan fingerprint density at radius 1 is 1.12 bits per heavy atom. The molecule has 0 unspecified atom stereocenters. The molecule has 0 atom stereocenters. The van der Waals surface area contributed by atoms with Gasteiger partial charge in [-0.1, -0.05) is 28.9 Å². The van der Waals surface area contributed by atoms with Crippen LogP contribution in [0.2, 0.25) is 5.02 Å². The molecule has 0 aliphatic carbocycles. The van der Waals surface area contributed by atoms with Crippen molar-refractivity contribution in [2.24, 2.45) is 0 Å². The lowest BCUT2D eigenvalue weighted by Crippen LogP contribution is -2.30. The van der Waals surface area contributed by atoms with Crippen LogP contribution in [0, 0.1) is 6.92 Å². The summed E-state index contributed by atoms with van der Waals surface area (Å²) in [4.78, 5) is 6.34. The topological polar surface area (TPSA) is 81.1 Å². The molecule has 0 aliphatic rings. The lowest BCUT2D eigenvalue weighted by molar-refractivity contribution is 0.161. The van der Waals surface area contributed by atoms with E-state index in [0.717, 1.165) is 5.56 Å². The minimum atomic E-state index is 0.243. The molecule has 0 saturated heterocycles. The Labute approximate surface area is 144 Å². The summed E-state index contributed by atoms with van der Waals surface area (Å²) in [7, 11) is 0. The molecular weight excluding hydrogens is 330 g/mol. The van der Waals surface area contributed by atoms with Crippen molar-refractivity contribution in [3.05, 3.63) is 46.9 Å². The molecule has 3 aromatic rings. The molecule has 0 bridgehead atoms. The predicted molar refractivity (Wildman–Crippen MR) is 88.2 cm³/mol. The first-order chi connectivity index (χ1) is 11.5. The number of rotatable bonds is 6. The molecule has 0 aliphatic heterocycles. The van der Waals surface area contributed by atoms with Crippen LogP contribution >= 0.6 is 11.6 Å². The first-order valence-electron chi connectivity index (χ1n) is 7.63. The van der Waals surface area contributed by atoms with E-state index in [1.807, 2.05) is 18.2 Å². The molecule has 2 aromatic heterocycles. The molecule has 24 heavy (non-hydrogen) atoms.